The van der Waals surface area contributed by atoms with E-state index in [2.05, 4.69) is 10.1 Å². The maximum Gasteiger partial charge on any atom is 0.354 e. The Balaban J connectivity index is 2.55. The second-order valence-electron chi connectivity index (χ2n) is 4.71. The lowest BCUT2D eigenvalue weighted by Crippen LogP contribution is -2.08. The maximum absolute atomic E-state index is 13.0. The number of hydrogen-bond donors (Lipinski definition) is 2. The molecule has 2 heterocycles. The van der Waals surface area contributed by atoms with E-state index < -0.39 is 18.0 Å². The highest BCUT2D eigenvalue weighted by Gasteiger charge is 2.26. The van der Waals surface area contributed by atoms with E-state index in [9.17, 15) is 19.4 Å². The Morgan fingerprint density at radius 2 is 2.14 bits per heavy atom. The van der Waals surface area contributed by atoms with Gasteiger partial charge in [-0.2, -0.15) is 9.49 Å². The number of aryl methyl sites for hydroxylation is 2. The molecule has 21 heavy (non-hydrogen) atoms. The lowest BCUT2D eigenvalue weighted by atomic mass is 10.00. The van der Waals surface area contributed by atoms with E-state index in [-0.39, 0.29) is 11.4 Å². The molecule has 2 rings (SSSR count). The number of aromatic carboxylic acids is 1. The monoisotopic (exact) mass is 293 g/mol. The quantitative estimate of drug-likeness (QED) is 0.836. The molecule has 2 N–H and O–H groups in total. The molecular weight excluding hydrogens is 277 g/mol. The molecule has 0 saturated carbocycles. The summed E-state index contributed by atoms with van der Waals surface area (Å²) >= 11 is 0. The van der Waals surface area contributed by atoms with Gasteiger partial charge < -0.3 is 10.2 Å². The smallest absolute Gasteiger partial charge is 0.354 e. The molecule has 0 fully saturated rings. The zero-order valence-electron chi connectivity index (χ0n) is 12.0. The molecule has 1 atom stereocenters. The Hall–Kier alpha value is -2.28. The normalized spacial score (nSPS) is 12.4. The number of carboxylic acids is 1. The molecule has 0 aromatic carbocycles. The standard InChI is InChI=1S/C14H16FN3O3/c1-4-8-11(17-18(3)12(8)14(20)21)13(19)9-5-6-10(15)16-7(9)2/h5-6,13,19H,4H2,1-3H3,(H,20,21). The van der Waals surface area contributed by atoms with Crippen molar-refractivity contribution in [2.24, 2.45) is 7.05 Å². The molecule has 0 bridgehead atoms. The predicted octanol–water partition coefficient (Wildman–Crippen LogP) is 1.60. The van der Waals surface area contributed by atoms with E-state index in [0.29, 0.717) is 23.2 Å². The van der Waals surface area contributed by atoms with E-state index >= 15 is 0 Å². The molecule has 112 valence electrons. The minimum Gasteiger partial charge on any atom is -0.477 e. The third kappa shape index (κ3) is 2.64. The summed E-state index contributed by atoms with van der Waals surface area (Å²) in [5.74, 6) is -1.74. The molecule has 2 aromatic heterocycles. The predicted molar refractivity (Wildman–Crippen MR) is 72.5 cm³/mol. The second kappa shape index (κ2) is 5.61. The van der Waals surface area contributed by atoms with Gasteiger partial charge in [0.25, 0.3) is 0 Å². The molecule has 0 aliphatic rings. The third-order valence-electron chi connectivity index (χ3n) is 3.38. The van der Waals surface area contributed by atoms with Gasteiger partial charge in [-0.1, -0.05) is 6.92 Å². The number of aliphatic hydroxyl groups is 1. The van der Waals surface area contributed by atoms with Crippen molar-refractivity contribution in [2.75, 3.05) is 0 Å². The van der Waals surface area contributed by atoms with Crippen LogP contribution in [0.1, 0.15) is 46.0 Å². The lowest BCUT2D eigenvalue weighted by Gasteiger charge is -2.12. The Morgan fingerprint density at radius 3 is 2.67 bits per heavy atom. The van der Waals surface area contributed by atoms with Gasteiger partial charge in [-0.15, -0.1) is 0 Å². The van der Waals surface area contributed by atoms with Gasteiger partial charge in [0.1, 0.15) is 11.8 Å². The maximum atomic E-state index is 13.0. The highest BCUT2D eigenvalue weighted by Crippen LogP contribution is 2.28. The van der Waals surface area contributed by atoms with Crippen molar-refractivity contribution in [1.29, 1.82) is 0 Å². The summed E-state index contributed by atoms with van der Waals surface area (Å²) in [5.41, 5.74) is 1.50. The number of aromatic nitrogens is 3. The molecule has 1 unspecified atom stereocenters. The van der Waals surface area contributed by atoms with E-state index in [1.165, 1.54) is 17.8 Å². The van der Waals surface area contributed by atoms with Crippen molar-refractivity contribution < 1.29 is 19.4 Å². The van der Waals surface area contributed by atoms with Crippen LogP contribution in [-0.4, -0.2) is 30.9 Å². The number of aliphatic hydroxyl groups excluding tert-OH is 1. The average molecular weight is 293 g/mol. The van der Waals surface area contributed by atoms with E-state index in [1.807, 2.05) is 0 Å². The first-order chi connectivity index (χ1) is 9.86. The number of nitrogens with zero attached hydrogens (tertiary/aromatic N) is 3. The molecule has 0 radical (unpaired) electrons. The molecular formula is C14H16FN3O3. The number of halogens is 1. The minimum atomic E-state index is -1.15. The SMILES string of the molecule is CCc1c(C(O)c2ccc(F)nc2C)nn(C)c1C(=O)O. The number of carbonyl (C=O) groups is 1. The third-order valence-corrected chi connectivity index (χ3v) is 3.38. The zero-order chi connectivity index (χ0) is 15.7. The molecule has 7 heteroatoms. The zero-order valence-corrected chi connectivity index (χ0v) is 12.0. The lowest BCUT2D eigenvalue weighted by molar-refractivity contribution is 0.0684. The van der Waals surface area contributed by atoms with Gasteiger partial charge in [-0.25, -0.2) is 9.78 Å². The van der Waals surface area contributed by atoms with Gasteiger partial charge in [0.15, 0.2) is 0 Å². The van der Waals surface area contributed by atoms with Crippen LogP contribution in [0.2, 0.25) is 0 Å². The fourth-order valence-corrected chi connectivity index (χ4v) is 2.40. The van der Waals surface area contributed by atoms with E-state index in [4.69, 9.17) is 0 Å². The van der Waals surface area contributed by atoms with Crippen LogP contribution < -0.4 is 0 Å². The molecule has 0 spiro atoms. The van der Waals surface area contributed by atoms with Gasteiger partial charge in [0, 0.05) is 23.9 Å². The summed E-state index contributed by atoms with van der Waals surface area (Å²) < 4.78 is 14.3. The first-order valence-electron chi connectivity index (χ1n) is 6.47. The van der Waals surface area contributed by atoms with Crippen LogP contribution in [0.4, 0.5) is 4.39 Å². The number of pyridine rings is 1. The summed E-state index contributed by atoms with van der Waals surface area (Å²) in [5, 5.41) is 23.8. The van der Waals surface area contributed by atoms with Crippen molar-refractivity contribution in [3.05, 3.63) is 46.3 Å². The molecule has 6 nitrogen and oxygen atoms in total. The van der Waals surface area contributed by atoms with Gasteiger partial charge in [-0.05, 0) is 25.5 Å². The molecule has 0 aliphatic carbocycles. The first kappa shape index (κ1) is 15.1. The van der Waals surface area contributed by atoms with Crippen molar-refractivity contribution in [3.63, 3.8) is 0 Å². The van der Waals surface area contributed by atoms with Crippen molar-refractivity contribution >= 4 is 5.97 Å². The summed E-state index contributed by atoms with van der Waals surface area (Å²) in [4.78, 5) is 14.9. The van der Waals surface area contributed by atoms with Crippen LogP contribution in [0.3, 0.4) is 0 Å². The number of rotatable bonds is 4. The van der Waals surface area contributed by atoms with E-state index in [1.54, 1.807) is 13.8 Å². The van der Waals surface area contributed by atoms with Gasteiger partial charge in [0.05, 0.1) is 5.69 Å². The van der Waals surface area contributed by atoms with Crippen molar-refractivity contribution in [1.82, 2.24) is 14.8 Å². The Bertz CT molecular complexity index is 697. The number of carboxylic acid groups (broad SMARTS) is 1. The summed E-state index contributed by atoms with van der Waals surface area (Å²) in [6.45, 7) is 3.36. The second-order valence-corrected chi connectivity index (χ2v) is 4.71. The van der Waals surface area contributed by atoms with Crippen LogP contribution in [-0.2, 0) is 13.5 Å². The average Bonchev–Trinajstić information content (AvgIpc) is 2.74. The largest absolute Gasteiger partial charge is 0.477 e. The minimum absolute atomic E-state index is 0.0410. The van der Waals surface area contributed by atoms with Gasteiger partial charge >= 0.3 is 5.97 Å². The van der Waals surface area contributed by atoms with Crippen molar-refractivity contribution in [2.45, 2.75) is 26.4 Å². The summed E-state index contributed by atoms with van der Waals surface area (Å²) in [6.07, 6.45) is -0.734. The van der Waals surface area contributed by atoms with Crippen LogP contribution in [0, 0.1) is 12.9 Å². The van der Waals surface area contributed by atoms with Crippen LogP contribution in [0.25, 0.3) is 0 Å². The van der Waals surface area contributed by atoms with Crippen molar-refractivity contribution in [3.8, 4) is 0 Å². The Morgan fingerprint density at radius 1 is 1.48 bits per heavy atom. The highest BCUT2D eigenvalue weighted by atomic mass is 19.1. The molecule has 0 amide bonds. The van der Waals surface area contributed by atoms with Crippen LogP contribution in [0.5, 0.6) is 0 Å². The van der Waals surface area contributed by atoms with Gasteiger partial charge in [-0.3, -0.25) is 4.68 Å². The molecule has 0 aliphatic heterocycles. The Labute approximate surface area is 120 Å². The first-order valence-corrected chi connectivity index (χ1v) is 6.47. The topological polar surface area (TPSA) is 88.2 Å². The van der Waals surface area contributed by atoms with E-state index in [0.717, 1.165) is 6.07 Å². The molecule has 2 aromatic rings. The Kier molecular flexibility index (Phi) is 4.04. The highest BCUT2D eigenvalue weighted by molar-refractivity contribution is 5.87. The number of hydrogen-bond acceptors (Lipinski definition) is 4. The molecule has 0 saturated heterocycles. The summed E-state index contributed by atoms with van der Waals surface area (Å²) in [7, 11) is 1.51. The van der Waals surface area contributed by atoms with Crippen LogP contribution >= 0.6 is 0 Å². The fourth-order valence-electron chi connectivity index (χ4n) is 2.40. The summed E-state index contributed by atoms with van der Waals surface area (Å²) in [6, 6.07) is 2.58. The van der Waals surface area contributed by atoms with Gasteiger partial charge in [0.2, 0.25) is 5.95 Å². The van der Waals surface area contributed by atoms with Crippen LogP contribution in [0.15, 0.2) is 12.1 Å². The fraction of sp³-hybridized carbons (Fsp3) is 0.357.